The van der Waals surface area contributed by atoms with E-state index >= 15 is 0 Å². The van der Waals surface area contributed by atoms with Gasteiger partial charge in [0.05, 0.1) is 0 Å². The van der Waals surface area contributed by atoms with Crippen LogP contribution in [-0.2, 0) is 13.1 Å². The van der Waals surface area contributed by atoms with E-state index in [1.165, 1.54) is 16.7 Å². The highest BCUT2D eigenvalue weighted by molar-refractivity contribution is 5.93. The monoisotopic (exact) mass is 282 g/mol. The van der Waals surface area contributed by atoms with Gasteiger partial charge in [0, 0.05) is 25.7 Å². The highest BCUT2D eigenvalue weighted by Gasteiger charge is 2.06. The molecule has 0 aliphatic heterocycles. The van der Waals surface area contributed by atoms with E-state index in [2.05, 4.69) is 48.5 Å². The lowest BCUT2D eigenvalue weighted by Gasteiger charge is -2.18. The Bertz CT molecular complexity index is 605. The van der Waals surface area contributed by atoms with Gasteiger partial charge in [-0.3, -0.25) is 9.69 Å². The molecule has 0 fully saturated rings. The van der Waals surface area contributed by atoms with Gasteiger partial charge in [-0.1, -0.05) is 36.4 Å². The molecule has 1 N–H and O–H groups in total. The Balaban J connectivity index is 1.98. The summed E-state index contributed by atoms with van der Waals surface area (Å²) in [4.78, 5) is 13.8. The fraction of sp³-hybridized carbons (Fsp3) is 0.278. The molecule has 3 heteroatoms. The summed E-state index contributed by atoms with van der Waals surface area (Å²) < 4.78 is 0. The number of rotatable bonds is 5. The molecule has 0 aromatic heterocycles. The lowest BCUT2D eigenvalue weighted by molar-refractivity contribution is 0.0963. The molecule has 21 heavy (non-hydrogen) atoms. The molecule has 0 aliphatic carbocycles. The molecule has 110 valence electrons. The van der Waals surface area contributed by atoms with Crippen molar-refractivity contribution in [2.75, 3.05) is 14.1 Å². The first-order valence-corrected chi connectivity index (χ1v) is 7.14. The highest BCUT2D eigenvalue weighted by atomic mass is 16.1. The van der Waals surface area contributed by atoms with Crippen molar-refractivity contribution in [1.29, 1.82) is 0 Å². The summed E-state index contributed by atoms with van der Waals surface area (Å²) in [5.41, 5.74) is 4.57. The molecule has 2 aromatic carbocycles. The van der Waals surface area contributed by atoms with Gasteiger partial charge in [0.15, 0.2) is 0 Å². The van der Waals surface area contributed by atoms with E-state index < -0.39 is 0 Å². The number of hydrogen-bond acceptors (Lipinski definition) is 2. The second-order valence-electron chi connectivity index (χ2n) is 5.37. The standard InChI is InChI=1S/C18H22N2O/c1-14-6-4-5-7-17(14)13-20(3)12-15-8-10-16(11-9-15)18(21)19-2/h4-11H,12-13H2,1-3H3,(H,19,21). The lowest BCUT2D eigenvalue weighted by Crippen LogP contribution is -2.19. The summed E-state index contributed by atoms with van der Waals surface area (Å²) in [6, 6.07) is 16.2. The minimum Gasteiger partial charge on any atom is -0.355 e. The van der Waals surface area contributed by atoms with E-state index in [4.69, 9.17) is 0 Å². The third-order valence-corrected chi connectivity index (χ3v) is 3.60. The van der Waals surface area contributed by atoms with Crippen molar-refractivity contribution in [3.8, 4) is 0 Å². The number of amides is 1. The van der Waals surface area contributed by atoms with Crippen LogP contribution in [0.5, 0.6) is 0 Å². The third-order valence-electron chi connectivity index (χ3n) is 3.60. The molecule has 3 nitrogen and oxygen atoms in total. The van der Waals surface area contributed by atoms with Gasteiger partial charge < -0.3 is 5.32 Å². The smallest absolute Gasteiger partial charge is 0.251 e. The predicted octanol–water partition coefficient (Wildman–Crippen LogP) is 2.99. The van der Waals surface area contributed by atoms with Crippen molar-refractivity contribution in [3.63, 3.8) is 0 Å². The molecule has 2 aromatic rings. The number of carbonyl (C=O) groups excluding carboxylic acids is 1. The largest absolute Gasteiger partial charge is 0.355 e. The molecule has 0 aliphatic rings. The SMILES string of the molecule is CNC(=O)c1ccc(CN(C)Cc2ccccc2C)cc1. The van der Waals surface area contributed by atoms with Crippen molar-refractivity contribution in [3.05, 3.63) is 70.8 Å². The first-order valence-electron chi connectivity index (χ1n) is 7.14. The molecule has 0 spiro atoms. The number of hydrogen-bond donors (Lipinski definition) is 1. The number of aryl methyl sites for hydroxylation is 1. The van der Waals surface area contributed by atoms with Crippen LogP contribution in [-0.4, -0.2) is 24.9 Å². The molecule has 1 amide bonds. The van der Waals surface area contributed by atoms with Crippen molar-refractivity contribution < 1.29 is 4.79 Å². The maximum absolute atomic E-state index is 11.5. The third kappa shape index (κ3) is 4.17. The first kappa shape index (κ1) is 15.3. The van der Waals surface area contributed by atoms with Crippen LogP contribution in [0.25, 0.3) is 0 Å². The van der Waals surface area contributed by atoms with Crippen molar-refractivity contribution in [2.24, 2.45) is 0 Å². The molecule has 0 heterocycles. The maximum Gasteiger partial charge on any atom is 0.251 e. The van der Waals surface area contributed by atoms with E-state index in [1.807, 2.05) is 24.3 Å². The average molecular weight is 282 g/mol. The Labute approximate surface area is 126 Å². The van der Waals surface area contributed by atoms with Crippen LogP contribution < -0.4 is 5.32 Å². The van der Waals surface area contributed by atoms with Gasteiger partial charge in [-0.25, -0.2) is 0 Å². The van der Waals surface area contributed by atoms with Crippen LogP contribution in [0.1, 0.15) is 27.0 Å². The van der Waals surface area contributed by atoms with Gasteiger partial charge in [0.25, 0.3) is 5.91 Å². The lowest BCUT2D eigenvalue weighted by atomic mass is 10.1. The number of benzene rings is 2. The molecular weight excluding hydrogens is 260 g/mol. The zero-order valence-electron chi connectivity index (χ0n) is 12.9. The molecule has 2 rings (SSSR count). The maximum atomic E-state index is 11.5. The van der Waals surface area contributed by atoms with E-state index in [0.29, 0.717) is 5.56 Å². The summed E-state index contributed by atoms with van der Waals surface area (Å²) in [5.74, 6) is -0.0465. The van der Waals surface area contributed by atoms with Gasteiger partial charge in [-0.05, 0) is 42.8 Å². The summed E-state index contributed by atoms with van der Waals surface area (Å²) in [6.07, 6.45) is 0. The number of carbonyl (C=O) groups is 1. The number of nitrogens with zero attached hydrogens (tertiary/aromatic N) is 1. The first-order chi connectivity index (χ1) is 10.1. The van der Waals surface area contributed by atoms with E-state index in [9.17, 15) is 4.79 Å². The van der Waals surface area contributed by atoms with Crippen molar-refractivity contribution >= 4 is 5.91 Å². The van der Waals surface area contributed by atoms with Gasteiger partial charge in [0.1, 0.15) is 0 Å². The normalized spacial score (nSPS) is 10.7. The highest BCUT2D eigenvalue weighted by Crippen LogP contribution is 2.12. The van der Waals surface area contributed by atoms with Crippen molar-refractivity contribution in [1.82, 2.24) is 10.2 Å². The van der Waals surface area contributed by atoms with Crippen LogP contribution in [0, 0.1) is 6.92 Å². The van der Waals surface area contributed by atoms with Crippen molar-refractivity contribution in [2.45, 2.75) is 20.0 Å². The Kier molecular flexibility index (Phi) is 5.12. The van der Waals surface area contributed by atoms with Gasteiger partial charge >= 0.3 is 0 Å². The zero-order chi connectivity index (χ0) is 15.2. The Morgan fingerprint density at radius 2 is 1.71 bits per heavy atom. The predicted molar refractivity (Wildman–Crippen MR) is 86.2 cm³/mol. The molecule has 0 saturated heterocycles. The molecule has 0 atom stereocenters. The minimum absolute atomic E-state index is 0.0465. The Hall–Kier alpha value is -2.13. The second kappa shape index (κ2) is 7.04. The second-order valence-corrected chi connectivity index (χ2v) is 5.37. The van der Waals surface area contributed by atoms with E-state index in [1.54, 1.807) is 7.05 Å². The van der Waals surface area contributed by atoms with E-state index in [-0.39, 0.29) is 5.91 Å². The summed E-state index contributed by atoms with van der Waals surface area (Å²) in [6.45, 7) is 3.92. The van der Waals surface area contributed by atoms with Gasteiger partial charge in [0.2, 0.25) is 0 Å². The molecule has 0 unspecified atom stereocenters. The van der Waals surface area contributed by atoms with Crippen LogP contribution in [0.4, 0.5) is 0 Å². The fourth-order valence-electron chi connectivity index (χ4n) is 2.35. The van der Waals surface area contributed by atoms with Crippen LogP contribution >= 0.6 is 0 Å². The van der Waals surface area contributed by atoms with Crippen LogP contribution in [0.15, 0.2) is 48.5 Å². The topological polar surface area (TPSA) is 32.3 Å². The van der Waals surface area contributed by atoms with E-state index in [0.717, 1.165) is 13.1 Å². The van der Waals surface area contributed by atoms with Crippen LogP contribution in [0.3, 0.4) is 0 Å². The van der Waals surface area contributed by atoms with Gasteiger partial charge in [-0.2, -0.15) is 0 Å². The molecule has 0 bridgehead atoms. The number of nitrogens with one attached hydrogen (secondary N) is 1. The zero-order valence-corrected chi connectivity index (χ0v) is 12.9. The van der Waals surface area contributed by atoms with Gasteiger partial charge in [-0.15, -0.1) is 0 Å². The summed E-state index contributed by atoms with van der Waals surface area (Å²) in [5, 5.41) is 2.63. The fourth-order valence-corrected chi connectivity index (χ4v) is 2.35. The summed E-state index contributed by atoms with van der Waals surface area (Å²) in [7, 11) is 3.76. The van der Waals surface area contributed by atoms with Crippen LogP contribution in [0.2, 0.25) is 0 Å². The molecule has 0 saturated carbocycles. The summed E-state index contributed by atoms with van der Waals surface area (Å²) >= 11 is 0. The molecular formula is C18H22N2O. The Morgan fingerprint density at radius 3 is 2.33 bits per heavy atom. The average Bonchev–Trinajstić information content (AvgIpc) is 2.49. The quantitative estimate of drug-likeness (QED) is 0.914. The Morgan fingerprint density at radius 1 is 1.05 bits per heavy atom. The minimum atomic E-state index is -0.0465. The molecule has 0 radical (unpaired) electrons.